The van der Waals surface area contributed by atoms with Gasteiger partial charge < -0.3 is 9.88 Å². The van der Waals surface area contributed by atoms with Crippen molar-refractivity contribution >= 4 is 0 Å². The highest BCUT2D eigenvalue weighted by Crippen LogP contribution is 2.07. The van der Waals surface area contributed by atoms with Crippen LogP contribution in [0.4, 0.5) is 0 Å². The van der Waals surface area contributed by atoms with E-state index in [0.29, 0.717) is 0 Å². The highest BCUT2D eigenvalue weighted by atomic mass is 15.0. The van der Waals surface area contributed by atoms with Gasteiger partial charge in [-0.25, -0.2) is 4.98 Å². The molecule has 20 heavy (non-hydrogen) atoms. The standard InChI is InChI=1S/C13H25N3.2C2H6/c1-13-11-15-12-16(13)10-8-6-4-3-5-7-9-14-2;2*1-2/h11-12,14H,3-10H2,1-2H3;2*1-2H3. The lowest BCUT2D eigenvalue weighted by atomic mass is 10.1. The summed E-state index contributed by atoms with van der Waals surface area (Å²) in [5.74, 6) is 0. The molecular formula is C17H37N3. The van der Waals surface area contributed by atoms with Gasteiger partial charge in [-0.05, 0) is 33.4 Å². The zero-order valence-corrected chi connectivity index (χ0v) is 14.7. The summed E-state index contributed by atoms with van der Waals surface area (Å²) in [6.45, 7) is 12.4. The molecule has 0 radical (unpaired) electrons. The molecule has 1 aromatic heterocycles. The third-order valence-corrected chi connectivity index (χ3v) is 3.00. The first kappa shape index (κ1) is 21.5. The first-order valence-corrected chi connectivity index (χ1v) is 8.46. The molecule has 1 aromatic rings. The van der Waals surface area contributed by atoms with Gasteiger partial charge in [0.25, 0.3) is 0 Å². The Morgan fingerprint density at radius 3 is 2.00 bits per heavy atom. The van der Waals surface area contributed by atoms with Crippen LogP contribution in [-0.2, 0) is 6.54 Å². The summed E-state index contributed by atoms with van der Waals surface area (Å²) in [6, 6.07) is 0. The van der Waals surface area contributed by atoms with E-state index in [1.54, 1.807) is 0 Å². The number of imidazole rings is 1. The molecule has 3 nitrogen and oxygen atoms in total. The third kappa shape index (κ3) is 12.2. The van der Waals surface area contributed by atoms with E-state index in [1.165, 1.54) is 44.2 Å². The fourth-order valence-electron chi connectivity index (χ4n) is 1.91. The molecule has 0 saturated heterocycles. The maximum atomic E-state index is 4.13. The molecule has 0 saturated carbocycles. The quantitative estimate of drug-likeness (QED) is 0.659. The van der Waals surface area contributed by atoms with E-state index in [9.17, 15) is 0 Å². The zero-order chi connectivity index (χ0) is 15.6. The van der Waals surface area contributed by atoms with Gasteiger partial charge in [0, 0.05) is 18.4 Å². The van der Waals surface area contributed by atoms with Crippen LogP contribution >= 0.6 is 0 Å². The zero-order valence-electron chi connectivity index (χ0n) is 14.7. The lowest BCUT2D eigenvalue weighted by Gasteiger charge is -2.05. The number of hydrogen-bond donors (Lipinski definition) is 1. The third-order valence-electron chi connectivity index (χ3n) is 3.00. The maximum Gasteiger partial charge on any atom is 0.0948 e. The number of hydrogen-bond acceptors (Lipinski definition) is 2. The first-order valence-electron chi connectivity index (χ1n) is 8.46. The molecule has 0 bridgehead atoms. The summed E-state index contributed by atoms with van der Waals surface area (Å²) >= 11 is 0. The van der Waals surface area contributed by atoms with Gasteiger partial charge in [0.1, 0.15) is 0 Å². The van der Waals surface area contributed by atoms with E-state index in [2.05, 4.69) is 21.8 Å². The predicted molar refractivity (Wildman–Crippen MR) is 91.3 cm³/mol. The van der Waals surface area contributed by atoms with E-state index < -0.39 is 0 Å². The van der Waals surface area contributed by atoms with Crippen LogP contribution in [0.25, 0.3) is 0 Å². The first-order chi connectivity index (χ1) is 9.84. The van der Waals surface area contributed by atoms with E-state index in [-0.39, 0.29) is 0 Å². The Morgan fingerprint density at radius 1 is 0.950 bits per heavy atom. The molecule has 1 N–H and O–H groups in total. The molecule has 0 aliphatic heterocycles. The van der Waals surface area contributed by atoms with Crippen molar-refractivity contribution < 1.29 is 0 Å². The summed E-state index contributed by atoms with van der Waals surface area (Å²) in [5, 5.41) is 3.18. The molecule has 0 aromatic carbocycles. The van der Waals surface area contributed by atoms with Crippen molar-refractivity contribution in [2.45, 2.75) is 79.7 Å². The molecule has 0 aliphatic rings. The van der Waals surface area contributed by atoms with Gasteiger partial charge in [0.2, 0.25) is 0 Å². The lowest BCUT2D eigenvalue weighted by Crippen LogP contribution is -2.06. The van der Waals surface area contributed by atoms with Crippen LogP contribution in [0.15, 0.2) is 12.5 Å². The molecule has 1 rings (SSSR count). The van der Waals surface area contributed by atoms with Crippen LogP contribution in [0.5, 0.6) is 0 Å². The van der Waals surface area contributed by atoms with Gasteiger partial charge in [-0.15, -0.1) is 0 Å². The fraction of sp³-hybridized carbons (Fsp3) is 0.824. The van der Waals surface area contributed by atoms with Gasteiger partial charge in [-0.1, -0.05) is 53.4 Å². The fourth-order valence-corrected chi connectivity index (χ4v) is 1.91. The summed E-state index contributed by atoms with van der Waals surface area (Å²) in [7, 11) is 2.02. The average molecular weight is 284 g/mol. The molecule has 0 aliphatic carbocycles. The minimum Gasteiger partial charge on any atom is -0.335 e. The summed E-state index contributed by atoms with van der Waals surface area (Å²) in [4.78, 5) is 4.13. The van der Waals surface area contributed by atoms with Crippen LogP contribution in [0, 0.1) is 6.92 Å². The van der Waals surface area contributed by atoms with Gasteiger partial charge in [-0.3, -0.25) is 0 Å². The number of aryl methyl sites for hydroxylation is 2. The predicted octanol–water partition coefficient (Wildman–Crippen LogP) is 4.80. The van der Waals surface area contributed by atoms with Gasteiger partial charge >= 0.3 is 0 Å². The largest absolute Gasteiger partial charge is 0.335 e. The number of aromatic nitrogens is 2. The molecule has 1 heterocycles. The second kappa shape index (κ2) is 18.2. The van der Waals surface area contributed by atoms with Crippen molar-refractivity contribution in [3.8, 4) is 0 Å². The van der Waals surface area contributed by atoms with Crippen molar-refractivity contribution in [1.29, 1.82) is 0 Å². The Morgan fingerprint density at radius 2 is 1.50 bits per heavy atom. The summed E-state index contributed by atoms with van der Waals surface area (Å²) < 4.78 is 2.24. The van der Waals surface area contributed by atoms with Crippen molar-refractivity contribution in [3.63, 3.8) is 0 Å². The molecule has 0 unspecified atom stereocenters. The van der Waals surface area contributed by atoms with E-state index in [1.807, 2.05) is 47.3 Å². The van der Waals surface area contributed by atoms with Crippen molar-refractivity contribution in [1.82, 2.24) is 14.9 Å². The highest BCUT2D eigenvalue weighted by molar-refractivity contribution is 4.93. The number of rotatable bonds is 9. The molecule has 0 spiro atoms. The Hall–Kier alpha value is -0.830. The number of nitrogens with one attached hydrogen (secondary N) is 1. The number of unbranched alkanes of at least 4 members (excludes halogenated alkanes) is 5. The monoisotopic (exact) mass is 283 g/mol. The van der Waals surface area contributed by atoms with Gasteiger partial charge in [-0.2, -0.15) is 0 Å². The van der Waals surface area contributed by atoms with Crippen LogP contribution in [0.3, 0.4) is 0 Å². The van der Waals surface area contributed by atoms with Crippen LogP contribution in [0.2, 0.25) is 0 Å². The second-order valence-corrected chi connectivity index (χ2v) is 4.45. The van der Waals surface area contributed by atoms with Crippen LogP contribution < -0.4 is 5.32 Å². The Bertz CT molecular complexity index is 269. The van der Waals surface area contributed by atoms with Gasteiger partial charge in [0.05, 0.1) is 6.33 Å². The van der Waals surface area contributed by atoms with E-state index in [4.69, 9.17) is 0 Å². The van der Waals surface area contributed by atoms with Gasteiger partial charge in [0.15, 0.2) is 0 Å². The average Bonchev–Trinajstić information content (AvgIpc) is 2.91. The lowest BCUT2D eigenvalue weighted by molar-refractivity contribution is 0.543. The van der Waals surface area contributed by atoms with Crippen LogP contribution in [0.1, 0.15) is 71.9 Å². The molecule has 120 valence electrons. The highest BCUT2D eigenvalue weighted by Gasteiger charge is 1.96. The SMILES string of the molecule is CC.CC.CNCCCCCCCCn1cncc1C. The Kier molecular flexibility index (Phi) is 19.5. The second-order valence-electron chi connectivity index (χ2n) is 4.45. The Balaban J connectivity index is 0. The summed E-state index contributed by atoms with van der Waals surface area (Å²) in [5.41, 5.74) is 1.27. The molecule has 3 heteroatoms. The van der Waals surface area contributed by atoms with Crippen molar-refractivity contribution in [2.75, 3.05) is 13.6 Å². The molecule has 0 fully saturated rings. The molecule has 0 amide bonds. The topological polar surface area (TPSA) is 29.9 Å². The van der Waals surface area contributed by atoms with Crippen molar-refractivity contribution in [2.24, 2.45) is 0 Å². The Labute approximate surface area is 127 Å². The molecule has 0 atom stereocenters. The minimum atomic E-state index is 1.13. The van der Waals surface area contributed by atoms with E-state index >= 15 is 0 Å². The number of nitrogens with zero attached hydrogens (tertiary/aromatic N) is 2. The maximum absolute atomic E-state index is 4.13. The summed E-state index contributed by atoms with van der Waals surface area (Å²) in [6.07, 6.45) is 11.9. The smallest absolute Gasteiger partial charge is 0.0948 e. The normalized spacial score (nSPS) is 9.30. The van der Waals surface area contributed by atoms with Crippen LogP contribution in [-0.4, -0.2) is 23.1 Å². The molecular weight excluding hydrogens is 246 g/mol. The minimum absolute atomic E-state index is 1.13. The van der Waals surface area contributed by atoms with E-state index in [0.717, 1.165) is 13.1 Å². The van der Waals surface area contributed by atoms with Crippen molar-refractivity contribution in [3.05, 3.63) is 18.2 Å².